The Hall–Kier alpha value is -2.30. The summed E-state index contributed by atoms with van der Waals surface area (Å²) in [6.45, 7) is 2.62. The maximum atomic E-state index is 12.8. The summed E-state index contributed by atoms with van der Waals surface area (Å²) in [5, 5.41) is 5.32. The highest BCUT2D eigenvalue weighted by atomic mass is 35.5. The van der Waals surface area contributed by atoms with E-state index in [4.69, 9.17) is 23.2 Å². The summed E-state index contributed by atoms with van der Waals surface area (Å²) in [5.74, 6) is -0.0610. The van der Waals surface area contributed by atoms with Gasteiger partial charge in [0.25, 0.3) is 5.91 Å². The number of halogens is 2. The Kier molecular flexibility index (Phi) is 5.64. The van der Waals surface area contributed by atoms with Gasteiger partial charge in [-0.05, 0) is 48.4 Å². The Morgan fingerprint density at radius 1 is 1.19 bits per heavy atom. The van der Waals surface area contributed by atoms with E-state index in [-0.39, 0.29) is 11.9 Å². The molecule has 1 unspecified atom stereocenters. The summed E-state index contributed by atoms with van der Waals surface area (Å²) in [6.07, 6.45) is 3.65. The number of nitrogens with zero attached hydrogens (tertiary/aromatic N) is 3. The third kappa shape index (κ3) is 4.09. The monoisotopic (exact) mass is 387 g/mol. The molecule has 0 radical (unpaired) electrons. The Morgan fingerprint density at radius 2 is 1.92 bits per heavy atom. The summed E-state index contributed by atoms with van der Waals surface area (Å²) < 4.78 is 1.84. The van der Waals surface area contributed by atoms with Crippen molar-refractivity contribution in [2.24, 2.45) is 0 Å². The molecule has 1 heterocycles. The number of rotatable bonds is 5. The summed E-state index contributed by atoms with van der Waals surface area (Å²) in [6, 6.07) is 14.6. The molecule has 0 aliphatic heterocycles. The number of carbonyl (C=O) groups is 1. The van der Waals surface area contributed by atoms with Crippen LogP contribution in [0.25, 0.3) is 0 Å². The SMILES string of the molecule is CC(c1ccc(Cl)cc1Cl)N(C)C(=O)c1ccc(Cn2cccn2)cc1. The first-order valence-electron chi connectivity index (χ1n) is 8.24. The minimum atomic E-state index is -0.170. The molecule has 1 aromatic heterocycles. The van der Waals surface area contributed by atoms with Gasteiger partial charge in [-0.25, -0.2) is 0 Å². The predicted molar refractivity (Wildman–Crippen MR) is 105 cm³/mol. The van der Waals surface area contributed by atoms with Crippen LogP contribution in [0.2, 0.25) is 10.0 Å². The molecule has 0 N–H and O–H groups in total. The van der Waals surface area contributed by atoms with Crippen molar-refractivity contribution in [3.8, 4) is 0 Å². The topological polar surface area (TPSA) is 38.1 Å². The minimum Gasteiger partial charge on any atom is -0.335 e. The van der Waals surface area contributed by atoms with Crippen LogP contribution in [-0.2, 0) is 6.54 Å². The highest BCUT2D eigenvalue weighted by Gasteiger charge is 2.20. The molecule has 0 bridgehead atoms. The van der Waals surface area contributed by atoms with Gasteiger partial charge in [-0.2, -0.15) is 5.10 Å². The molecule has 4 nitrogen and oxygen atoms in total. The van der Waals surface area contributed by atoms with E-state index in [1.807, 2.05) is 54.2 Å². The molecule has 3 aromatic rings. The Balaban J connectivity index is 1.73. The van der Waals surface area contributed by atoms with Gasteiger partial charge in [0.2, 0.25) is 0 Å². The molecule has 0 fully saturated rings. The predicted octanol–water partition coefficient (Wildman–Crippen LogP) is 5.07. The van der Waals surface area contributed by atoms with Crippen LogP contribution in [0.5, 0.6) is 0 Å². The van der Waals surface area contributed by atoms with Gasteiger partial charge >= 0.3 is 0 Å². The van der Waals surface area contributed by atoms with Crippen molar-refractivity contribution in [2.75, 3.05) is 7.05 Å². The molecule has 26 heavy (non-hydrogen) atoms. The van der Waals surface area contributed by atoms with Gasteiger partial charge in [-0.3, -0.25) is 9.48 Å². The van der Waals surface area contributed by atoms with E-state index < -0.39 is 0 Å². The molecule has 0 saturated heterocycles. The zero-order valence-corrected chi connectivity index (χ0v) is 16.1. The number of amides is 1. The van der Waals surface area contributed by atoms with Crippen molar-refractivity contribution in [3.63, 3.8) is 0 Å². The number of hydrogen-bond acceptors (Lipinski definition) is 2. The normalized spacial score (nSPS) is 12.0. The van der Waals surface area contributed by atoms with Crippen LogP contribution in [-0.4, -0.2) is 27.6 Å². The Labute approximate surface area is 163 Å². The van der Waals surface area contributed by atoms with Gasteiger partial charge in [0.15, 0.2) is 0 Å². The molecule has 134 valence electrons. The Bertz CT molecular complexity index is 892. The van der Waals surface area contributed by atoms with Crippen LogP contribution < -0.4 is 0 Å². The summed E-state index contributed by atoms with van der Waals surface area (Å²) in [5.41, 5.74) is 2.58. The lowest BCUT2D eigenvalue weighted by Gasteiger charge is -2.26. The molecule has 1 atom stereocenters. The number of benzene rings is 2. The van der Waals surface area contributed by atoms with Crippen LogP contribution in [0.4, 0.5) is 0 Å². The van der Waals surface area contributed by atoms with Gasteiger partial charge < -0.3 is 4.90 Å². The first-order valence-corrected chi connectivity index (χ1v) is 9.00. The zero-order chi connectivity index (χ0) is 18.7. The molecule has 0 aliphatic carbocycles. The molecule has 0 spiro atoms. The molecule has 3 rings (SSSR count). The lowest BCUT2D eigenvalue weighted by molar-refractivity contribution is 0.0742. The largest absolute Gasteiger partial charge is 0.335 e. The second-order valence-electron chi connectivity index (χ2n) is 6.16. The quantitative estimate of drug-likeness (QED) is 0.612. The van der Waals surface area contributed by atoms with Gasteiger partial charge in [0, 0.05) is 35.1 Å². The fraction of sp³-hybridized carbons (Fsp3) is 0.200. The van der Waals surface area contributed by atoms with Crippen molar-refractivity contribution < 1.29 is 4.79 Å². The fourth-order valence-electron chi connectivity index (χ4n) is 2.76. The molecule has 1 amide bonds. The molecule has 2 aromatic carbocycles. The van der Waals surface area contributed by atoms with Crippen LogP contribution in [0, 0.1) is 0 Å². The van der Waals surface area contributed by atoms with Gasteiger partial charge in [-0.1, -0.05) is 41.4 Å². The molecule has 6 heteroatoms. The average molecular weight is 388 g/mol. The van der Waals surface area contributed by atoms with Crippen molar-refractivity contribution in [1.82, 2.24) is 14.7 Å². The summed E-state index contributed by atoms with van der Waals surface area (Å²) >= 11 is 12.2. The lowest BCUT2D eigenvalue weighted by atomic mass is 10.1. The van der Waals surface area contributed by atoms with Crippen molar-refractivity contribution in [2.45, 2.75) is 19.5 Å². The number of carbonyl (C=O) groups excluding carboxylic acids is 1. The van der Waals surface area contributed by atoms with Crippen molar-refractivity contribution >= 4 is 29.1 Å². The zero-order valence-electron chi connectivity index (χ0n) is 14.6. The minimum absolute atomic E-state index is 0.0610. The highest BCUT2D eigenvalue weighted by Crippen LogP contribution is 2.29. The maximum absolute atomic E-state index is 12.8. The van der Waals surface area contributed by atoms with E-state index >= 15 is 0 Å². The van der Waals surface area contributed by atoms with Crippen LogP contribution in [0.3, 0.4) is 0 Å². The molecule has 0 aliphatic rings. The molecular weight excluding hydrogens is 369 g/mol. The second kappa shape index (κ2) is 7.94. The van der Waals surface area contributed by atoms with E-state index in [1.54, 1.807) is 30.3 Å². The lowest BCUT2D eigenvalue weighted by Crippen LogP contribution is -2.29. The van der Waals surface area contributed by atoms with E-state index in [0.717, 1.165) is 11.1 Å². The van der Waals surface area contributed by atoms with Crippen LogP contribution in [0.15, 0.2) is 60.9 Å². The van der Waals surface area contributed by atoms with Crippen molar-refractivity contribution in [1.29, 1.82) is 0 Å². The third-order valence-corrected chi connectivity index (χ3v) is 4.98. The first-order chi connectivity index (χ1) is 12.5. The van der Waals surface area contributed by atoms with Gasteiger partial charge in [0.1, 0.15) is 0 Å². The fourth-order valence-corrected chi connectivity index (χ4v) is 3.33. The smallest absolute Gasteiger partial charge is 0.254 e. The van der Waals surface area contributed by atoms with E-state index in [0.29, 0.717) is 22.2 Å². The van der Waals surface area contributed by atoms with Gasteiger partial charge in [-0.15, -0.1) is 0 Å². The third-order valence-electron chi connectivity index (χ3n) is 4.42. The first kappa shape index (κ1) is 18.5. The van der Waals surface area contributed by atoms with E-state index in [2.05, 4.69) is 5.10 Å². The number of hydrogen-bond donors (Lipinski definition) is 0. The van der Waals surface area contributed by atoms with E-state index in [1.165, 1.54) is 0 Å². The number of aromatic nitrogens is 2. The van der Waals surface area contributed by atoms with Crippen LogP contribution >= 0.6 is 23.2 Å². The average Bonchev–Trinajstić information content (AvgIpc) is 3.13. The van der Waals surface area contributed by atoms with Crippen LogP contribution in [0.1, 0.15) is 34.5 Å². The van der Waals surface area contributed by atoms with Crippen molar-refractivity contribution in [3.05, 3.63) is 87.7 Å². The highest BCUT2D eigenvalue weighted by molar-refractivity contribution is 6.35. The molecule has 0 saturated carbocycles. The maximum Gasteiger partial charge on any atom is 0.254 e. The van der Waals surface area contributed by atoms with E-state index in [9.17, 15) is 4.79 Å². The van der Waals surface area contributed by atoms with Gasteiger partial charge in [0.05, 0.1) is 12.6 Å². The summed E-state index contributed by atoms with van der Waals surface area (Å²) in [4.78, 5) is 14.5. The summed E-state index contributed by atoms with van der Waals surface area (Å²) in [7, 11) is 1.77. The standard InChI is InChI=1S/C20H19Cl2N3O/c1-14(18-9-8-17(21)12-19(18)22)24(2)20(26)16-6-4-15(5-7-16)13-25-11-3-10-23-25/h3-12,14H,13H2,1-2H3. The molecular formula is C20H19Cl2N3O. The Morgan fingerprint density at radius 3 is 2.54 bits per heavy atom. The second-order valence-corrected chi connectivity index (χ2v) is 7.00.